The summed E-state index contributed by atoms with van der Waals surface area (Å²) in [5.74, 6) is 2.09. The van der Waals surface area contributed by atoms with Crippen molar-refractivity contribution in [3.63, 3.8) is 0 Å². The molecule has 5 heteroatoms. The summed E-state index contributed by atoms with van der Waals surface area (Å²) in [4.78, 5) is 8.48. The van der Waals surface area contributed by atoms with Crippen LogP contribution in [0.1, 0.15) is 19.2 Å². The molecule has 0 saturated carbocycles. The van der Waals surface area contributed by atoms with Gasteiger partial charge in [-0.15, -0.1) is 0 Å². The third kappa shape index (κ3) is 2.56. The van der Waals surface area contributed by atoms with Gasteiger partial charge in [-0.2, -0.15) is 0 Å². The van der Waals surface area contributed by atoms with Gasteiger partial charge in [-0.1, -0.05) is 6.92 Å². The second kappa shape index (κ2) is 4.44. The molecule has 0 amide bonds. The molecule has 1 saturated heterocycles. The van der Waals surface area contributed by atoms with Crippen molar-refractivity contribution in [1.29, 1.82) is 0 Å². The molecule has 1 unspecified atom stereocenters. The molecule has 15 heavy (non-hydrogen) atoms. The summed E-state index contributed by atoms with van der Waals surface area (Å²) in [5, 5.41) is 3.30. The van der Waals surface area contributed by atoms with Crippen LogP contribution in [0.5, 0.6) is 0 Å². The number of anilines is 2. The topological polar surface area (TPSA) is 73.1 Å². The van der Waals surface area contributed by atoms with E-state index in [-0.39, 0.29) is 0 Å². The highest BCUT2D eigenvalue weighted by atomic mass is 16.5. The summed E-state index contributed by atoms with van der Waals surface area (Å²) in [5.41, 5.74) is 5.69. The second-order valence-corrected chi connectivity index (χ2v) is 3.65. The van der Waals surface area contributed by atoms with Crippen molar-refractivity contribution in [3.8, 4) is 0 Å². The van der Waals surface area contributed by atoms with Gasteiger partial charge in [0.2, 0.25) is 0 Å². The van der Waals surface area contributed by atoms with Gasteiger partial charge in [0.05, 0.1) is 12.6 Å². The maximum absolute atomic E-state index is 5.69. The van der Waals surface area contributed by atoms with Crippen molar-refractivity contribution in [2.45, 2.75) is 25.8 Å². The summed E-state index contributed by atoms with van der Waals surface area (Å²) in [7, 11) is 0. The van der Waals surface area contributed by atoms with Crippen molar-refractivity contribution < 1.29 is 4.74 Å². The van der Waals surface area contributed by atoms with Gasteiger partial charge in [-0.3, -0.25) is 0 Å². The fourth-order valence-corrected chi connectivity index (χ4v) is 1.61. The molecule has 1 aliphatic rings. The lowest BCUT2D eigenvalue weighted by molar-refractivity contribution is 0.195. The zero-order valence-corrected chi connectivity index (χ0v) is 8.86. The van der Waals surface area contributed by atoms with E-state index in [0.29, 0.717) is 11.9 Å². The van der Waals surface area contributed by atoms with E-state index >= 15 is 0 Å². The number of hydrogen-bond acceptors (Lipinski definition) is 5. The fraction of sp³-hybridized carbons (Fsp3) is 0.600. The normalized spacial score (nSPS) is 20.5. The van der Waals surface area contributed by atoms with Crippen LogP contribution in [0.2, 0.25) is 0 Å². The number of aryl methyl sites for hydroxylation is 1. The van der Waals surface area contributed by atoms with Gasteiger partial charge in [-0.25, -0.2) is 9.97 Å². The van der Waals surface area contributed by atoms with Gasteiger partial charge in [0.15, 0.2) is 0 Å². The summed E-state index contributed by atoms with van der Waals surface area (Å²) < 4.78 is 5.28. The Balaban J connectivity index is 2.09. The van der Waals surface area contributed by atoms with Crippen molar-refractivity contribution in [3.05, 3.63) is 11.9 Å². The van der Waals surface area contributed by atoms with E-state index in [0.717, 1.165) is 37.7 Å². The Morgan fingerprint density at radius 3 is 3.13 bits per heavy atom. The lowest BCUT2D eigenvalue weighted by Gasteiger charge is -2.12. The van der Waals surface area contributed by atoms with Crippen LogP contribution in [-0.2, 0) is 11.2 Å². The number of rotatable bonds is 3. The highest BCUT2D eigenvalue weighted by molar-refractivity contribution is 5.45. The van der Waals surface area contributed by atoms with Crippen LogP contribution >= 0.6 is 0 Å². The molecular weight excluding hydrogens is 192 g/mol. The Morgan fingerprint density at radius 2 is 2.47 bits per heavy atom. The Kier molecular flexibility index (Phi) is 3.01. The minimum absolute atomic E-state index is 0.351. The molecule has 1 atom stereocenters. The monoisotopic (exact) mass is 208 g/mol. The summed E-state index contributed by atoms with van der Waals surface area (Å²) in [6.07, 6.45) is 1.81. The van der Waals surface area contributed by atoms with Gasteiger partial charge in [0, 0.05) is 19.1 Å². The van der Waals surface area contributed by atoms with Crippen LogP contribution in [0.25, 0.3) is 0 Å². The van der Waals surface area contributed by atoms with E-state index in [1.54, 1.807) is 6.07 Å². The van der Waals surface area contributed by atoms with E-state index in [1.165, 1.54) is 0 Å². The van der Waals surface area contributed by atoms with E-state index in [1.807, 2.05) is 6.92 Å². The molecule has 2 rings (SSSR count). The van der Waals surface area contributed by atoms with Crippen molar-refractivity contribution in [2.24, 2.45) is 0 Å². The first-order valence-electron chi connectivity index (χ1n) is 5.25. The zero-order valence-electron chi connectivity index (χ0n) is 8.86. The standard InChI is InChI=1S/C10H16N4O/c1-2-9-13-8(11)5-10(14-9)12-7-3-4-15-6-7/h5,7H,2-4,6H2,1H3,(H3,11,12,13,14). The molecule has 2 heterocycles. The van der Waals surface area contributed by atoms with E-state index in [9.17, 15) is 0 Å². The number of aromatic nitrogens is 2. The minimum atomic E-state index is 0.351. The third-order valence-electron chi connectivity index (χ3n) is 2.39. The van der Waals surface area contributed by atoms with Gasteiger partial charge < -0.3 is 15.8 Å². The summed E-state index contributed by atoms with van der Waals surface area (Å²) in [6, 6.07) is 2.11. The van der Waals surface area contributed by atoms with E-state index in [4.69, 9.17) is 10.5 Å². The number of nitrogens with one attached hydrogen (secondary N) is 1. The average molecular weight is 208 g/mol. The largest absolute Gasteiger partial charge is 0.384 e. The molecule has 0 bridgehead atoms. The number of hydrogen-bond donors (Lipinski definition) is 2. The molecule has 0 spiro atoms. The van der Waals surface area contributed by atoms with Crippen LogP contribution in [0, 0.1) is 0 Å². The quantitative estimate of drug-likeness (QED) is 0.769. The maximum Gasteiger partial charge on any atom is 0.132 e. The first-order chi connectivity index (χ1) is 7.28. The third-order valence-corrected chi connectivity index (χ3v) is 2.39. The summed E-state index contributed by atoms with van der Waals surface area (Å²) >= 11 is 0. The van der Waals surface area contributed by atoms with Crippen molar-refractivity contribution >= 4 is 11.6 Å². The van der Waals surface area contributed by atoms with Gasteiger partial charge in [0.1, 0.15) is 17.5 Å². The Morgan fingerprint density at radius 1 is 1.60 bits per heavy atom. The molecule has 0 radical (unpaired) electrons. The summed E-state index contributed by atoms with van der Waals surface area (Å²) in [6.45, 7) is 3.57. The highest BCUT2D eigenvalue weighted by Crippen LogP contribution is 2.13. The Bertz CT molecular complexity index is 336. The molecule has 1 fully saturated rings. The molecule has 1 aromatic heterocycles. The minimum Gasteiger partial charge on any atom is -0.384 e. The molecule has 0 aliphatic carbocycles. The number of nitrogens with zero attached hydrogens (tertiary/aromatic N) is 2. The van der Waals surface area contributed by atoms with E-state index < -0.39 is 0 Å². The first-order valence-corrected chi connectivity index (χ1v) is 5.25. The predicted molar refractivity (Wildman–Crippen MR) is 58.7 cm³/mol. The van der Waals surface area contributed by atoms with Crippen LogP contribution in [0.4, 0.5) is 11.6 Å². The van der Waals surface area contributed by atoms with Crippen LogP contribution in [-0.4, -0.2) is 29.2 Å². The lowest BCUT2D eigenvalue weighted by atomic mass is 10.2. The fourth-order valence-electron chi connectivity index (χ4n) is 1.61. The van der Waals surface area contributed by atoms with Crippen LogP contribution < -0.4 is 11.1 Å². The Labute approximate surface area is 89.1 Å². The lowest BCUT2D eigenvalue weighted by Crippen LogP contribution is -2.20. The van der Waals surface area contributed by atoms with Crippen LogP contribution in [0.15, 0.2) is 6.07 Å². The molecular formula is C10H16N4O. The predicted octanol–water partition coefficient (Wildman–Crippen LogP) is 0.822. The first kappa shape index (κ1) is 10.2. The molecule has 1 aliphatic heterocycles. The SMILES string of the molecule is CCc1nc(N)cc(NC2CCOC2)n1. The van der Waals surface area contributed by atoms with Gasteiger partial charge >= 0.3 is 0 Å². The number of nitrogens with two attached hydrogens (primary N) is 1. The van der Waals surface area contributed by atoms with Crippen LogP contribution in [0.3, 0.4) is 0 Å². The number of ether oxygens (including phenoxy) is 1. The molecule has 3 N–H and O–H groups in total. The molecule has 1 aromatic rings. The van der Waals surface area contributed by atoms with Gasteiger partial charge in [0.25, 0.3) is 0 Å². The maximum atomic E-state index is 5.69. The number of nitrogen functional groups attached to an aromatic ring is 1. The second-order valence-electron chi connectivity index (χ2n) is 3.65. The molecule has 0 aromatic carbocycles. The molecule has 5 nitrogen and oxygen atoms in total. The highest BCUT2D eigenvalue weighted by Gasteiger charge is 2.15. The zero-order chi connectivity index (χ0) is 10.7. The Hall–Kier alpha value is -1.36. The van der Waals surface area contributed by atoms with Gasteiger partial charge in [-0.05, 0) is 6.42 Å². The average Bonchev–Trinajstić information content (AvgIpc) is 2.69. The van der Waals surface area contributed by atoms with Crippen molar-refractivity contribution in [2.75, 3.05) is 24.3 Å². The van der Waals surface area contributed by atoms with E-state index in [2.05, 4.69) is 15.3 Å². The smallest absolute Gasteiger partial charge is 0.132 e. The van der Waals surface area contributed by atoms with Crippen molar-refractivity contribution in [1.82, 2.24) is 9.97 Å². The molecule has 82 valence electrons.